The lowest BCUT2D eigenvalue weighted by atomic mass is 9.79. The zero-order chi connectivity index (χ0) is 19.8. The molecule has 1 rings (SSSR count). The first-order chi connectivity index (χ1) is 12.1. The number of piperidine rings is 1. The van der Waals surface area contributed by atoms with E-state index in [1.807, 2.05) is 0 Å². The summed E-state index contributed by atoms with van der Waals surface area (Å²) in [5.74, 6) is 1.18. The van der Waals surface area contributed by atoms with Crippen molar-refractivity contribution in [3.8, 4) is 0 Å². The lowest BCUT2D eigenvalue weighted by Gasteiger charge is -2.50. The number of hydrogen-bond donors (Lipinski definition) is 2. The van der Waals surface area contributed by atoms with Crippen LogP contribution in [-0.4, -0.2) is 70.9 Å². The second-order valence-electron chi connectivity index (χ2n) is 8.86. The summed E-state index contributed by atoms with van der Waals surface area (Å²) in [5.41, 5.74) is 0.216. The third-order valence-corrected chi connectivity index (χ3v) is 6.03. The summed E-state index contributed by atoms with van der Waals surface area (Å²) in [4.78, 5) is 13.7. The number of carbonyl (C=O) groups excluding carboxylic acids is 1. The van der Waals surface area contributed by atoms with Gasteiger partial charge in [-0.1, -0.05) is 13.3 Å². The summed E-state index contributed by atoms with van der Waals surface area (Å²) in [7, 11) is 1.41. The Hall–Kier alpha value is -0.300. The Morgan fingerprint density at radius 1 is 1.31 bits per heavy atom. The molecule has 26 heavy (non-hydrogen) atoms. The van der Waals surface area contributed by atoms with Gasteiger partial charge in [-0.25, -0.2) is 0 Å². The van der Waals surface area contributed by atoms with Crippen molar-refractivity contribution >= 4 is 17.7 Å². The number of aliphatic hydroxyl groups excluding tert-OH is 1. The van der Waals surface area contributed by atoms with Crippen molar-refractivity contribution in [2.24, 2.45) is 0 Å². The van der Waals surface area contributed by atoms with Crippen LogP contribution in [0.25, 0.3) is 0 Å². The third-order valence-electron chi connectivity index (χ3n) is 4.92. The lowest BCUT2D eigenvalue weighted by molar-refractivity contribution is -0.140. The van der Waals surface area contributed by atoms with Crippen LogP contribution >= 0.6 is 11.8 Å². The van der Waals surface area contributed by atoms with Crippen LogP contribution in [0.15, 0.2) is 0 Å². The van der Waals surface area contributed by atoms with Crippen LogP contribution < -0.4 is 5.32 Å². The number of carbonyl (C=O) groups is 1. The molecule has 1 unspecified atom stereocenters. The van der Waals surface area contributed by atoms with Gasteiger partial charge in [0, 0.05) is 35.2 Å². The highest BCUT2D eigenvalue weighted by Crippen LogP contribution is 2.32. The number of unbranched alkanes of at least 4 members (excludes halogenated alkanes) is 1. The molecule has 0 aliphatic carbocycles. The number of methoxy groups -OCH3 is 1. The molecule has 1 aliphatic heterocycles. The van der Waals surface area contributed by atoms with Gasteiger partial charge in [0.05, 0.1) is 19.6 Å². The molecule has 6 heteroatoms. The van der Waals surface area contributed by atoms with Crippen molar-refractivity contribution in [2.75, 3.05) is 31.7 Å². The Morgan fingerprint density at radius 3 is 2.46 bits per heavy atom. The Balaban J connectivity index is 2.58. The molecule has 0 aromatic heterocycles. The van der Waals surface area contributed by atoms with Crippen molar-refractivity contribution in [1.29, 1.82) is 0 Å². The first-order valence-electron chi connectivity index (χ1n) is 9.94. The molecule has 0 amide bonds. The van der Waals surface area contributed by atoms with E-state index in [-0.39, 0.29) is 23.2 Å². The van der Waals surface area contributed by atoms with Crippen LogP contribution in [0.1, 0.15) is 66.7 Å². The van der Waals surface area contributed by atoms with Gasteiger partial charge in [0.25, 0.3) is 0 Å². The van der Waals surface area contributed by atoms with Gasteiger partial charge in [0.2, 0.25) is 0 Å². The molecule has 1 aliphatic rings. The molecule has 1 saturated heterocycles. The quantitative estimate of drug-likeness (QED) is 0.419. The van der Waals surface area contributed by atoms with E-state index in [2.05, 4.69) is 49.6 Å². The predicted octanol–water partition coefficient (Wildman–Crippen LogP) is 3.05. The molecule has 1 atom stereocenters. The Labute approximate surface area is 164 Å². The standard InChI is InChI=1S/C20H40N2O3S/c1-7-8-10-22(14-17(23)15-26-11-9-18(24)25-6)16-12-19(2,3)21-20(4,5)13-16/h16-17,21,23H,7-15H2,1-6H3. The minimum Gasteiger partial charge on any atom is -0.469 e. The number of aliphatic hydroxyl groups is 1. The maximum atomic E-state index is 11.2. The van der Waals surface area contributed by atoms with Gasteiger partial charge in [-0.05, 0) is 53.5 Å². The van der Waals surface area contributed by atoms with E-state index < -0.39 is 0 Å². The zero-order valence-electron chi connectivity index (χ0n) is 17.6. The van der Waals surface area contributed by atoms with E-state index in [4.69, 9.17) is 0 Å². The molecule has 0 aromatic rings. The predicted molar refractivity (Wildman–Crippen MR) is 111 cm³/mol. The summed E-state index contributed by atoms with van der Waals surface area (Å²) in [6.45, 7) is 13.1. The molecular weight excluding hydrogens is 348 g/mol. The minimum absolute atomic E-state index is 0.108. The van der Waals surface area contributed by atoms with Crippen LogP contribution in [0.5, 0.6) is 0 Å². The molecular formula is C20H40N2O3S. The number of rotatable bonds is 11. The smallest absolute Gasteiger partial charge is 0.306 e. The van der Waals surface area contributed by atoms with Gasteiger partial charge < -0.3 is 15.2 Å². The molecule has 0 radical (unpaired) electrons. The van der Waals surface area contributed by atoms with E-state index in [0.29, 0.717) is 30.5 Å². The average molecular weight is 389 g/mol. The Bertz CT molecular complexity index is 413. The van der Waals surface area contributed by atoms with Crippen LogP contribution in [0, 0.1) is 0 Å². The molecule has 2 N–H and O–H groups in total. The summed E-state index contributed by atoms with van der Waals surface area (Å²) in [6, 6.07) is 0.488. The van der Waals surface area contributed by atoms with Crippen LogP contribution in [-0.2, 0) is 9.53 Å². The highest BCUT2D eigenvalue weighted by molar-refractivity contribution is 7.99. The average Bonchev–Trinajstić information content (AvgIpc) is 2.52. The van der Waals surface area contributed by atoms with E-state index in [9.17, 15) is 9.90 Å². The van der Waals surface area contributed by atoms with Crippen LogP contribution in [0.3, 0.4) is 0 Å². The largest absolute Gasteiger partial charge is 0.469 e. The summed E-state index contributed by atoms with van der Waals surface area (Å²) in [5, 5.41) is 14.3. The molecule has 5 nitrogen and oxygen atoms in total. The first-order valence-corrected chi connectivity index (χ1v) is 11.1. The van der Waals surface area contributed by atoms with Gasteiger partial charge in [0.15, 0.2) is 0 Å². The highest BCUT2D eigenvalue weighted by Gasteiger charge is 2.40. The maximum absolute atomic E-state index is 11.2. The second-order valence-corrected chi connectivity index (χ2v) is 10.0. The number of nitrogens with one attached hydrogen (secondary N) is 1. The second kappa shape index (κ2) is 10.9. The number of thioether (sulfide) groups is 1. The first kappa shape index (κ1) is 23.7. The highest BCUT2D eigenvalue weighted by atomic mass is 32.2. The van der Waals surface area contributed by atoms with Crippen LogP contribution in [0.4, 0.5) is 0 Å². The van der Waals surface area contributed by atoms with Gasteiger partial charge in [-0.15, -0.1) is 0 Å². The SMILES string of the molecule is CCCCN(CC(O)CSCCC(=O)OC)C1CC(C)(C)NC(C)(C)C1. The summed E-state index contributed by atoms with van der Waals surface area (Å²) < 4.78 is 4.66. The molecule has 0 bridgehead atoms. The van der Waals surface area contributed by atoms with E-state index in [1.165, 1.54) is 7.11 Å². The molecule has 0 aromatic carbocycles. The topological polar surface area (TPSA) is 61.8 Å². The number of nitrogens with zero attached hydrogens (tertiary/aromatic N) is 1. The van der Waals surface area contributed by atoms with Gasteiger partial charge >= 0.3 is 5.97 Å². The third kappa shape index (κ3) is 9.07. The Kier molecular flexibility index (Phi) is 9.94. The monoisotopic (exact) mass is 388 g/mol. The van der Waals surface area contributed by atoms with E-state index >= 15 is 0 Å². The van der Waals surface area contributed by atoms with Crippen molar-refractivity contribution in [1.82, 2.24) is 10.2 Å². The van der Waals surface area contributed by atoms with Crippen molar-refractivity contribution in [3.63, 3.8) is 0 Å². The van der Waals surface area contributed by atoms with E-state index in [0.717, 1.165) is 32.2 Å². The van der Waals surface area contributed by atoms with Crippen LogP contribution in [0.2, 0.25) is 0 Å². The lowest BCUT2D eigenvalue weighted by Crippen LogP contribution is -2.62. The number of esters is 1. The zero-order valence-corrected chi connectivity index (χ0v) is 18.5. The van der Waals surface area contributed by atoms with Crippen molar-refractivity contribution in [3.05, 3.63) is 0 Å². The molecule has 0 saturated carbocycles. The molecule has 1 fully saturated rings. The summed E-state index contributed by atoms with van der Waals surface area (Å²) >= 11 is 1.63. The fraction of sp³-hybridized carbons (Fsp3) is 0.950. The summed E-state index contributed by atoms with van der Waals surface area (Å²) in [6.07, 6.45) is 4.57. The molecule has 0 spiro atoms. The van der Waals surface area contributed by atoms with Gasteiger partial charge in [0.1, 0.15) is 0 Å². The maximum Gasteiger partial charge on any atom is 0.306 e. The van der Waals surface area contributed by atoms with Crippen molar-refractivity contribution in [2.45, 2.75) is 89.9 Å². The van der Waals surface area contributed by atoms with Gasteiger partial charge in [-0.3, -0.25) is 9.69 Å². The Morgan fingerprint density at radius 2 is 1.92 bits per heavy atom. The fourth-order valence-corrected chi connectivity index (χ4v) is 4.97. The van der Waals surface area contributed by atoms with E-state index in [1.54, 1.807) is 11.8 Å². The molecule has 1 heterocycles. The van der Waals surface area contributed by atoms with Gasteiger partial charge in [-0.2, -0.15) is 11.8 Å². The fourth-order valence-electron chi connectivity index (χ4n) is 4.11. The normalized spacial score (nSPS) is 20.9. The number of ether oxygens (including phenoxy) is 1. The molecule has 154 valence electrons. The minimum atomic E-state index is -0.365. The van der Waals surface area contributed by atoms with Crippen molar-refractivity contribution < 1.29 is 14.6 Å². The number of hydrogen-bond acceptors (Lipinski definition) is 6.